The van der Waals surface area contributed by atoms with Crippen LogP contribution in [0.5, 0.6) is 0 Å². The number of pyridine rings is 1. The van der Waals surface area contributed by atoms with Gasteiger partial charge in [0, 0.05) is 23.8 Å². The molecule has 1 saturated heterocycles. The molecule has 2 heterocycles. The van der Waals surface area contributed by atoms with Gasteiger partial charge in [-0.05, 0) is 29.3 Å². The molecule has 3 amide bonds. The van der Waals surface area contributed by atoms with Crippen LogP contribution >= 0.6 is 23.5 Å². The fraction of sp³-hybridized carbons (Fsp3) is 0.222. The van der Waals surface area contributed by atoms with Crippen LogP contribution < -0.4 is 5.32 Å². The molecular formula is C18H17N3O3S2. The fourth-order valence-electron chi connectivity index (χ4n) is 2.35. The van der Waals surface area contributed by atoms with E-state index in [2.05, 4.69) is 10.3 Å². The largest absolute Gasteiger partial charge is 0.325 e. The summed E-state index contributed by atoms with van der Waals surface area (Å²) >= 11 is 2.55. The third kappa shape index (κ3) is 5.09. The number of amides is 3. The Bertz CT molecular complexity index is 781. The van der Waals surface area contributed by atoms with Crippen molar-refractivity contribution < 1.29 is 14.4 Å². The number of carbonyl (C=O) groups excluding carboxylic acids is 3. The van der Waals surface area contributed by atoms with E-state index in [1.54, 1.807) is 24.5 Å². The Morgan fingerprint density at radius 1 is 1.19 bits per heavy atom. The molecule has 26 heavy (non-hydrogen) atoms. The third-order valence-electron chi connectivity index (χ3n) is 3.64. The zero-order valence-electron chi connectivity index (χ0n) is 13.9. The monoisotopic (exact) mass is 387 g/mol. The molecule has 3 rings (SSSR count). The van der Waals surface area contributed by atoms with Crippen molar-refractivity contribution in [1.82, 2.24) is 9.88 Å². The van der Waals surface area contributed by atoms with E-state index in [0.717, 1.165) is 28.6 Å². The molecule has 0 radical (unpaired) electrons. The molecule has 0 spiro atoms. The average molecular weight is 387 g/mol. The van der Waals surface area contributed by atoms with Gasteiger partial charge >= 0.3 is 0 Å². The lowest BCUT2D eigenvalue weighted by Gasteiger charge is -2.13. The van der Waals surface area contributed by atoms with Crippen molar-refractivity contribution in [2.45, 2.75) is 12.3 Å². The minimum atomic E-state index is -0.210. The van der Waals surface area contributed by atoms with Gasteiger partial charge in [-0.15, -0.1) is 11.8 Å². The van der Waals surface area contributed by atoms with E-state index in [0.29, 0.717) is 11.4 Å². The summed E-state index contributed by atoms with van der Waals surface area (Å²) in [6, 6.07) is 11.0. The van der Waals surface area contributed by atoms with Gasteiger partial charge in [-0.25, -0.2) is 0 Å². The second kappa shape index (κ2) is 8.86. The van der Waals surface area contributed by atoms with Crippen LogP contribution in [-0.4, -0.2) is 38.4 Å². The molecule has 0 aliphatic carbocycles. The maximum atomic E-state index is 12.0. The summed E-state index contributed by atoms with van der Waals surface area (Å²) in [6.07, 6.45) is 3.51. The summed E-state index contributed by atoms with van der Waals surface area (Å²) in [5, 5.41) is 2.63. The summed E-state index contributed by atoms with van der Waals surface area (Å²) in [7, 11) is 0. The summed E-state index contributed by atoms with van der Waals surface area (Å²) in [5.41, 5.74) is 2.62. The number of imide groups is 1. The van der Waals surface area contributed by atoms with Crippen LogP contribution in [0.2, 0.25) is 0 Å². The lowest BCUT2D eigenvalue weighted by molar-refractivity contribution is -0.125. The average Bonchev–Trinajstić information content (AvgIpc) is 2.96. The van der Waals surface area contributed by atoms with E-state index in [1.165, 1.54) is 16.7 Å². The number of hydrogen-bond donors (Lipinski definition) is 1. The molecule has 0 bridgehead atoms. The third-order valence-corrected chi connectivity index (χ3v) is 5.51. The van der Waals surface area contributed by atoms with E-state index in [9.17, 15) is 14.4 Å². The smallest absolute Gasteiger partial charge is 0.289 e. The number of thioether (sulfide) groups is 2. The van der Waals surface area contributed by atoms with Gasteiger partial charge in [-0.2, -0.15) is 0 Å². The SMILES string of the molecule is O=C(CSCc1cccnc1)Nc1ccc(CN2C(=O)CSC2=O)cc1. The number of nitrogens with one attached hydrogen (secondary N) is 1. The van der Waals surface area contributed by atoms with Gasteiger partial charge in [0.25, 0.3) is 5.24 Å². The Balaban J connectivity index is 1.45. The normalized spacial score (nSPS) is 13.9. The van der Waals surface area contributed by atoms with Gasteiger partial charge in [0.15, 0.2) is 0 Å². The van der Waals surface area contributed by atoms with Crippen LogP contribution in [-0.2, 0) is 21.9 Å². The van der Waals surface area contributed by atoms with Gasteiger partial charge in [-0.1, -0.05) is 30.0 Å². The van der Waals surface area contributed by atoms with Crippen LogP contribution in [0.4, 0.5) is 10.5 Å². The molecule has 8 heteroatoms. The first-order valence-electron chi connectivity index (χ1n) is 7.94. The van der Waals surface area contributed by atoms with Crippen molar-refractivity contribution in [2.75, 3.05) is 16.8 Å². The van der Waals surface area contributed by atoms with Crippen LogP contribution in [0.1, 0.15) is 11.1 Å². The number of anilines is 1. The summed E-state index contributed by atoms with van der Waals surface area (Å²) in [4.78, 5) is 40.5. The molecule has 1 aliphatic heterocycles. The van der Waals surface area contributed by atoms with Crippen molar-refractivity contribution in [3.05, 3.63) is 59.9 Å². The van der Waals surface area contributed by atoms with Crippen LogP contribution in [0.15, 0.2) is 48.8 Å². The van der Waals surface area contributed by atoms with Crippen molar-refractivity contribution in [3.8, 4) is 0 Å². The minimum Gasteiger partial charge on any atom is -0.325 e. The Kier molecular flexibility index (Phi) is 6.30. The number of benzene rings is 1. The maximum Gasteiger partial charge on any atom is 0.289 e. The molecule has 1 fully saturated rings. The van der Waals surface area contributed by atoms with Crippen molar-refractivity contribution in [3.63, 3.8) is 0 Å². The van der Waals surface area contributed by atoms with E-state index >= 15 is 0 Å². The molecule has 134 valence electrons. The first kappa shape index (κ1) is 18.5. The molecule has 1 N–H and O–H groups in total. The van der Waals surface area contributed by atoms with Crippen LogP contribution in [0.25, 0.3) is 0 Å². The molecule has 2 aromatic rings. The number of carbonyl (C=O) groups is 3. The standard InChI is InChI=1S/C18H17N3O3S2/c22-16(11-25-10-14-2-1-7-19-8-14)20-15-5-3-13(4-6-15)9-21-17(23)12-26-18(21)24/h1-8H,9-12H2,(H,20,22). The topological polar surface area (TPSA) is 79.4 Å². The highest BCUT2D eigenvalue weighted by Crippen LogP contribution is 2.22. The van der Waals surface area contributed by atoms with E-state index < -0.39 is 0 Å². The Hall–Kier alpha value is -2.32. The molecular weight excluding hydrogens is 370 g/mol. The van der Waals surface area contributed by atoms with E-state index in [4.69, 9.17) is 0 Å². The molecule has 1 aromatic heterocycles. The molecule has 1 aliphatic rings. The predicted molar refractivity (Wildman–Crippen MR) is 104 cm³/mol. The van der Waals surface area contributed by atoms with Gasteiger partial charge < -0.3 is 5.32 Å². The van der Waals surface area contributed by atoms with Crippen molar-refractivity contribution in [1.29, 1.82) is 0 Å². The molecule has 0 unspecified atom stereocenters. The maximum absolute atomic E-state index is 12.0. The number of nitrogens with zero attached hydrogens (tertiary/aromatic N) is 2. The summed E-state index contributed by atoms with van der Waals surface area (Å²) in [6.45, 7) is 0.264. The number of aromatic nitrogens is 1. The molecule has 0 saturated carbocycles. The Morgan fingerprint density at radius 2 is 2.00 bits per heavy atom. The van der Waals surface area contributed by atoms with Gasteiger partial charge in [0.2, 0.25) is 11.8 Å². The zero-order valence-corrected chi connectivity index (χ0v) is 15.5. The lowest BCUT2D eigenvalue weighted by atomic mass is 10.2. The summed E-state index contributed by atoms with van der Waals surface area (Å²) in [5.74, 6) is 1.06. The number of rotatable bonds is 7. The molecule has 1 aromatic carbocycles. The van der Waals surface area contributed by atoms with E-state index in [-0.39, 0.29) is 29.4 Å². The van der Waals surface area contributed by atoms with Crippen molar-refractivity contribution >= 4 is 46.3 Å². The quantitative estimate of drug-likeness (QED) is 0.786. The summed E-state index contributed by atoms with van der Waals surface area (Å²) < 4.78 is 0. The first-order chi connectivity index (χ1) is 12.6. The second-order valence-corrected chi connectivity index (χ2v) is 7.55. The minimum absolute atomic E-state index is 0.0760. The van der Waals surface area contributed by atoms with E-state index in [1.807, 2.05) is 24.3 Å². The number of hydrogen-bond acceptors (Lipinski definition) is 6. The van der Waals surface area contributed by atoms with Crippen molar-refractivity contribution in [2.24, 2.45) is 0 Å². The van der Waals surface area contributed by atoms with Crippen LogP contribution in [0, 0.1) is 0 Å². The Labute approximate surface area is 159 Å². The lowest BCUT2D eigenvalue weighted by Crippen LogP contribution is -2.27. The highest BCUT2D eigenvalue weighted by atomic mass is 32.2. The highest BCUT2D eigenvalue weighted by molar-refractivity contribution is 8.14. The molecule has 6 nitrogen and oxygen atoms in total. The second-order valence-electron chi connectivity index (χ2n) is 5.63. The predicted octanol–water partition coefficient (Wildman–Crippen LogP) is 3.15. The Morgan fingerprint density at radius 3 is 2.65 bits per heavy atom. The zero-order chi connectivity index (χ0) is 18.4. The van der Waals surface area contributed by atoms with Gasteiger partial charge in [-0.3, -0.25) is 24.3 Å². The first-order valence-corrected chi connectivity index (χ1v) is 10.1. The van der Waals surface area contributed by atoms with Crippen LogP contribution in [0.3, 0.4) is 0 Å². The van der Waals surface area contributed by atoms with Gasteiger partial charge in [0.05, 0.1) is 18.1 Å². The highest BCUT2D eigenvalue weighted by Gasteiger charge is 2.29. The molecule has 0 atom stereocenters. The fourth-order valence-corrected chi connectivity index (χ4v) is 3.84. The van der Waals surface area contributed by atoms with Gasteiger partial charge in [0.1, 0.15) is 0 Å².